The molecule has 2 aromatic rings. The van der Waals surface area contributed by atoms with Gasteiger partial charge in [0.2, 0.25) is 5.91 Å². The smallest absolute Gasteiger partial charge is 0.270 e. The number of benzene rings is 1. The van der Waals surface area contributed by atoms with Crippen LogP contribution in [-0.2, 0) is 19.1 Å². The molecule has 2 aliphatic heterocycles. The van der Waals surface area contributed by atoms with Crippen molar-refractivity contribution in [3.8, 4) is 11.8 Å². The van der Waals surface area contributed by atoms with Gasteiger partial charge >= 0.3 is 0 Å². The molecule has 0 spiro atoms. The summed E-state index contributed by atoms with van der Waals surface area (Å²) >= 11 is 6.23. The summed E-state index contributed by atoms with van der Waals surface area (Å²) in [6.45, 7) is 18.5. The maximum Gasteiger partial charge on any atom is 0.270 e. The molecule has 56 heavy (non-hydrogen) atoms. The number of unbranched alkanes of at least 4 members (excludes halogenated alkanes) is 3. The van der Waals surface area contributed by atoms with Gasteiger partial charge in [-0.3, -0.25) is 29.4 Å². The van der Waals surface area contributed by atoms with Crippen molar-refractivity contribution in [1.82, 2.24) is 25.5 Å². The number of hydrogen-bond donors (Lipinski definition) is 2. The summed E-state index contributed by atoms with van der Waals surface area (Å²) in [5.74, 6) is 0.258. The maximum atomic E-state index is 13.4. The monoisotopic (exact) mass is 788 g/mol. The lowest BCUT2D eigenvalue weighted by Crippen LogP contribution is -2.74. The first-order valence-electron chi connectivity index (χ1n) is 19.2. The standard InChI is InChI=1S/C41H53ClN8O6/c1-27(23-35(52)50(44-6)32-14-16-34(51)46-37(32)54)55-22-10-8-7-9-17-48-18-20-49(21-19-48)33-15-12-29(26-45-33)36(53)47-38-40(2,3)39(41(38,4)5)56-30-13-11-28(25-43)31(42)24-30/h11-13,15,23-24,26,32,38-39H,6-10,14,16-22H2,1-5H3,(H,47,53)(H,46,51,54)/b27-23+. The highest BCUT2D eigenvalue weighted by Gasteiger charge is 2.64. The van der Waals surface area contributed by atoms with Crippen LogP contribution in [0.15, 0.2) is 53.5 Å². The number of nitrogens with zero attached hydrogens (tertiary/aromatic N) is 6. The van der Waals surface area contributed by atoms with Crippen molar-refractivity contribution >= 4 is 47.8 Å². The van der Waals surface area contributed by atoms with Crippen molar-refractivity contribution in [2.75, 3.05) is 44.2 Å². The first-order chi connectivity index (χ1) is 26.6. The molecular formula is C41H53ClN8O6. The second kappa shape index (κ2) is 18.3. The van der Waals surface area contributed by atoms with Gasteiger partial charge in [0, 0.05) is 74.5 Å². The molecule has 1 aliphatic carbocycles. The van der Waals surface area contributed by atoms with E-state index in [1.54, 1.807) is 31.3 Å². The van der Waals surface area contributed by atoms with Crippen LogP contribution in [-0.4, -0.2) is 103 Å². The van der Waals surface area contributed by atoms with Crippen LogP contribution < -0.4 is 20.3 Å². The molecular weight excluding hydrogens is 736 g/mol. The van der Waals surface area contributed by atoms with Gasteiger partial charge in [-0.2, -0.15) is 10.4 Å². The molecule has 4 amide bonds. The van der Waals surface area contributed by atoms with Gasteiger partial charge in [-0.25, -0.2) is 9.99 Å². The molecule has 1 saturated carbocycles. The Morgan fingerprint density at radius 2 is 1.82 bits per heavy atom. The number of ether oxygens (including phenoxy) is 2. The lowest BCUT2D eigenvalue weighted by molar-refractivity contribution is -0.164. The van der Waals surface area contributed by atoms with Gasteiger partial charge in [0.25, 0.3) is 17.7 Å². The van der Waals surface area contributed by atoms with E-state index >= 15 is 0 Å². The van der Waals surface area contributed by atoms with Gasteiger partial charge in [-0.05, 0) is 57.0 Å². The fraction of sp³-hybridized carbons (Fsp3) is 0.537. The number of hydrazone groups is 1. The third-order valence-corrected chi connectivity index (χ3v) is 11.4. The number of aromatic nitrogens is 1. The van der Waals surface area contributed by atoms with Crippen LogP contribution in [0, 0.1) is 22.2 Å². The highest BCUT2D eigenvalue weighted by molar-refractivity contribution is 6.31. The third kappa shape index (κ3) is 9.86. The Hall–Kier alpha value is -5.00. The quantitative estimate of drug-likeness (QED) is 0.0585. The number of carbonyl (C=O) groups excluding carboxylic acids is 4. The average Bonchev–Trinajstić information content (AvgIpc) is 3.16. The van der Waals surface area contributed by atoms with Crippen LogP contribution in [0.4, 0.5) is 5.82 Å². The molecule has 2 saturated heterocycles. The topological polar surface area (TPSA) is 170 Å². The van der Waals surface area contributed by atoms with Crippen molar-refractivity contribution in [2.45, 2.75) is 91.3 Å². The first-order valence-corrected chi connectivity index (χ1v) is 19.6. The second-order valence-corrected chi connectivity index (χ2v) is 16.3. The first kappa shape index (κ1) is 42.1. The zero-order valence-electron chi connectivity index (χ0n) is 33.0. The van der Waals surface area contributed by atoms with E-state index in [9.17, 15) is 24.4 Å². The van der Waals surface area contributed by atoms with Crippen molar-refractivity contribution in [3.63, 3.8) is 0 Å². The molecule has 3 fully saturated rings. The molecule has 0 radical (unpaired) electrons. The number of amides is 4. The van der Waals surface area contributed by atoms with Crippen molar-refractivity contribution in [1.29, 1.82) is 5.26 Å². The summed E-state index contributed by atoms with van der Waals surface area (Å²) < 4.78 is 12.1. The van der Waals surface area contributed by atoms with Crippen molar-refractivity contribution in [3.05, 3.63) is 64.5 Å². The van der Waals surface area contributed by atoms with Crippen LogP contribution in [0.25, 0.3) is 0 Å². The van der Waals surface area contributed by atoms with E-state index in [0.29, 0.717) is 34.3 Å². The molecule has 15 heteroatoms. The fourth-order valence-corrected chi connectivity index (χ4v) is 8.47. The number of carbonyl (C=O) groups is 4. The Bertz CT molecular complexity index is 1830. The van der Waals surface area contributed by atoms with E-state index in [0.717, 1.165) is 69.2 Å². The van der Waals surface area contributed by atoms with E-state index in [2.05, 4.69) is 71.0 Å². The zero-order chi connectivity index (χ0) is 40.6. The lowest BCUT2D eigenvalue weighted by atomic mass is 9.49. The number of nitrogens with one attached hydrogen (secondary N) is 2. The van der Waals surface area contributed by atoms with Gasteiger partial charge in [-0.1, -0.05) is 52.1 Å². The molecule has 0 bridgehead atoms. The van der Waals surface area contributed by atoms with E-state index < -0.39 is 17.9 Å². The van der Waals surface area contributed by atoms with Crippen LogP contribution in [0.5, 0.6) is 5.75 Å². The van der Waals surface area contributed by atoms with Crippen LogP contribution >= 0.6 is 11.6 Å². The molecule has 1 aromatic carbocycles. The number of piperidine rings is 1. The number of halogens is 1. The summed E-state index contributed by atoms with van der Waals surface area (Å²) in [6, 6.07) is 9.87. The van der Waals surface area contributed by atoms with E-state index in [-0.39, 0.29) is 47.6 Å². The summed E-state index contributed by atoms with van der Waals surface area (Å²) in [5, 5.41) is 19.7. The number of hydrogen-bond acceptors (Lipinski definition) is 11. The number of anilines is 1. The van der Waals surface area contributed by atoms with Crippen LogP contribution in [0.1, 0.15) is 89.1 Å². The minimum Gasteiger partial charge on any atom is -0.498 e. The summed E-state index contributed by atoms with van der Waals surface area (Å²) in [5.41, 5.74) is 0.175. The minimum atomic E-state index is -0.867. The highest BCUT2D eigenvalue weighted by atomic mass is 35.5. The number of imide groups is 1. The summed E-state index contributed by atoms with van der Waals surface area (Å²) in [7, 11) is 0. The molecule has 1 aromatic heterocycles. The van der Waals surface area contributed by atoms with Gasteiger partial charge in [-0.15, -0.1) is 0 Å². The van der Waals surface area contributed by atoms with Gasteiger partial charge in [0.05, 0.1) is 28.5 Å². The van der Waals surface area contributed by atoms with E-state index in [1.165, 1.54) is 6.08 Å². The molecule has 1 atom stereocenters. The van der Waals surface area contributed by atoms with Crippen LogP contribution in [0.3, 0.4) is 0 Å². The Balaban J connectivity index is 0.973. The van der Waals surface area contributed by atoms with Gasteiger partial charge < -0.3 is 19.7 Å². The molecule has 2 N–H and O–H groups in total. The Morgan fingerprint density at radius 3 is 2.45 bits per heavy atom. The highest BCUT2D eigenvalue weighted by Crippen LogP contribution is 2.55. The van der Waals surface area contributed by atoms with Crippen LogP contribution in [0.2, 0.25) is 5.02 Å². The molecule has 5 rings (SSSR count). The van der Waals surface area contributed by atoms with Crippen molar-refractivity contribution < 1.29 is 28.7 Å². The SMILES string of the molecule is C=NN(C(=O)/C=C(\C)OCCCCCCN1CCN(c2ccc(C(=O)NC3C(C)(C)C(Oc4ccc(C#N)c(Cl)c4)C3(C)C)cn2)CC1)C1CCC(=O)NC1=O. The predicted molar refractivity (Wildman–Crippen MR) is 213 cm³/mol. The number of pyridine rings is 1. The van der Waals surface area contributed by atoms with Gasteiger partial charge in [0.15, 0.2) is 0 Å². The fourth-order valence-electron chi connectivity index (χ4n) is 8.26. The second-order valence-electron chi connectivity index (χ2n) is 15.8. The molecule has 1 unspecified atom stereocenters. The normalized spacial score (nSPS) is 21.9. The minimum absolute atomic E-state index is 0.138. The largest absolute Gasteiger partial charge is 0.498 e. The van der Waals surface area contributed by atoms with Crippen molar-refractivity contribution in [2.24, 2.45) is 15.9 Å². The Labute approximate surface area is 334 Å². The maximum absolute atomic E-state index is 13.4. The molecule has 3 heterocycles. The van der Waals surface area contributed by atoms with E-state index in [4.69, 9.17) is 21.1 Å². The average molecular weight is 789 g/mol. The Morgan fingerprint density at radius 1 is 1.11 bits per heavy atom. The van der Waals surface area contributed by atoms with E-state index in [1.807, 2.05) is 12.1 Å². The number of nitriles is 1. The summed E-state index contributed by atoms with van der Waals surface area (Å²) in [6.07, 6.45) is 7.08. The Kier molecular flexibility index (Phi) is 13.8. The third-order valence-electron chi connectivity index (χ3n) is 11.0. The molecule has 14 nitrogen and oxygen atoms in total. The molecule has 300 valence electrons. The van der Waals surface area contributed by atoms with Gasteiger partial charge in [0.1, 0.15) is 29.8 Å². The lowest BCUT2D eigenvalue weighted by Gasteiger charge is -2.63. The summed E-state index contributed by atoms with van der Waals surface area (Å²) in [4.78, 5) is 58.9. The molecule has 3 aliphatic rings. The number of piperazine rings is 1. The number of rotatable bonds is 16. The predicted octanol–water partition coefficient (Wildman–Crippen LogP) is 5.07. The number of allylic oxidation sites excluding steroid dienone is 1. The zero-order valence-corrected chi connectivity index (χ0v) is 33.7.